The van der Waals surface area contributed by atoms with E-state index in [0.717, 1.165) is 23.1 Å². The summed E-state index contributed by atoms with van der Waals surface area (Å²) in [6.07, 6.45) is 7.64. The summed E-state index contributed by atoms with van der Waals surface area (Å²) in [5, 5.41) is 0. The van der Waals surface area contributed by atoms with E-state index in [1.807, 2.05) is 13.1 Å². The van der Waals surface area contributed by atoms with Gasteiger partial charge in [0, 0.05) is 25.0 Å². The number of nitrogens with zero attached hydrogens (tertiary/aromatic N) is 5. The highest BCUT2D eigenvalue weighted by molar-refractivity contribution is 5.77. The second kappa shape index (κ2) is 5.86. The van der Waals surface area contributed by atoms with Gasteiger partial charge in [0.05, 0.1) is 0 Å². The van der Waals surface area contributed by atoms with E-state index in [4.69, 9.17) is 5.73 Å². The van der Waals surface area contributed by atoms with Crippen LogP contribution >= 0.6 is 0 Å². The first-order valence-corrected chi connectivity index (χ1v) is 8.88. The van der Waals surface area contributed by atoms with Gasteiger partial charge in [0.2, 0.25) is 11.7 Å². The number of hydrogen-bond acceptors (Lipinski definition) is 4. The fourth-order valence-corrected chi connectivity index (χ4v) is 4.11. The number of rotatable bonds is 3. The minimum Gasteiger partial charge on any atom is -0.368 e. The number of aryl methyl sites for hydroxylation is 2. The highest BCUT2D eigenvalue weighted by Crippen LogP contribution is 2.31. The fourth-order valence-electron chi connectivity index (χ4n) is 4.11. The lowest BCUT2D eigenvalue weighted by Crippen LogP contribution is -2.42. The van der Waals surface area contributed by atoms with Crippen molar-refractivity contribution in [2.24, 2.45) is 12.8 Å². The molecule has 0 saturated heterocycles. The van der Waals surface area contributed by atoms with Crippen LogP contribution in [-0.4, -0.2) is 29.0 Å². The molecular formula is C17H22N6O3. The summed E-state index contributed by atoms with van der Waals surface area (Å²) in [4.78, 5) is 41.2. The molecule has 0 radical (unpaired) electrons. The van der Waals surface area contributed by atoms with Gasteiger partial charge in [0.15, 0.2) is 11.2 Å². The number of hydrogen-bond donors (Lipinski definition) is 1. The Hall–Kier alpha value is -2.84. The molecule has 1 saturated carbocycles. The maximum absolute atomic E-state index is 12.9. The summed E-state index contributed by atoms with van der Waals surface area (Å²) in [7, 11) is 1.55. The van der Waals surface area contributed by atoms with Crippen molar-refractivity contribution >= 4 is 22.8 Å². The number of amides is 1. The predicted octanol–water partition coefficient (Wildman–Crippen LogP) is 0.448. The molecule has 2 N–H and O–H groups in total. The minimum absolute atomic E-state index is 0.293. The van der Waals surface area contributed by atoms with Crippen LogP contribution in [-0.2, 0) is 18.4 Å². The normalized spacial score (nSPS) is 15.9. The van der Waals surface area contributed by atoms with Gasteiger partial charge in [0.25, 0.3) is 5.56 Å². The standard InChI is InChI=1S/C17H22N6O3/c1-10-8-21-13-14(19-16(21)23(10)11-6-4-3-5-7-11)20(2)17(26)22(15(13)25)9-12(18)24/h8,11H,3-7,9H2,1-2H3,(H2,18,24). The molecule has 1 amide bonds. The van der Waals surface area contributed by atoms with Crippen molar-refractivity contribution in [3.05, 3.63) is 32.7 Å². The van der Waals surface area contributed by atoms with E-state index in [1.165, 1.54) is 23.8 Å². The number of primary amides is 1. The molecular weight excluding hydrogens is 336 g/mol. The predicted molar refractivity (Wildman–Crippen MR) is 96.2 cm³/mol. The average molecular weight is 358 g/mol. The lowest BCUT2D eigenvalue weighted by Gasteiger charge is -2.24. The van der Waals surface area contributed by atoms with Crippen LogP contribution in [0.5, 0.6) is 0 Å². The van der Waals surface area contributed by atoms with E-state index < -0.39 is 23.7 Å². The lowest BCUT2D eigenvalue weighted by atomic mass is 9.95. The quantitative estimate of drug-likeness (QED) is 0.733. The first-order valence-electron chi connectivity index (χ1n) is 8.88. The largest absolute Gasteiger partial charge is 0.368 e. The topological polar surface area (TPSA) is 109 Å². The Kier molecular flexibility index (Phi) is 3.74. The molecule has 0 atom stereocenters. The molecule has 0 aromatic carbocycles. The van der Waals surface area contributed by atoms with E-state index in [0.29, 0.717) is 23.0 Å². The molecule has 9 heteroatoms. The third kappa shape index (κ3) is 2.30. The van der Waals surface area contributed by atoms with Gasteiger partial charge in [-0.1, -0.05) is 19.3 Å². The van der Waals surface area contributed by atoms with Gasteiger partial charge >= 0.3 is 5.69 Å². The van der Waals surface area contributed by atoms with Gasteiger partial charge in [-0.05, 0) is 19.8 Å². The van der Waals surface area contributed by atoms with Crippen LogP contribution < -0.4 is 17.0 Å². The third-order valence-electron chi connectivity index (χ3n) is 5.32. The molecule has 138 valence electrons. The van der Waals surface area contributed by atoms with Crippen molar-refractivity contribution in [3.63, 3.8) is 0 Å². The van der Waals surface area contributed by atoms with E-state index in [-0.39, 0.29) is 0 Å². The molecule has 3 heterocycles. The zero-order valence-electron chi connectivity index (χ0n) is 14.9. The van der Waals surface area contributed by atoms with Crippen molar-refractivity contribution in [2.75, 3.05) is 0 Å². The van der Waals surface area contributed by atoms with Crippen molar-refractivity contribution < 1.29 is 4.79 Å². The summed E-state index contributed by atoms with van der Waals surface area (Å²) < 4.78 is 6.07. The number of carbonyl (C=O) groups is 1. The SMILES string of the molecule is Cc1cn2c3c(=O)n(CC(N)=O)c(=O)n(C)c3nc2n1C1CCCCC1. The van der Waals surface area contributed by atoms with Crippen LogP contribution in [0.1, 0.15) is 43.8 Å². The Morgan fingerprint density at radius 1 is 1.27 bits per heavy atom. The van der Waals surface area contributed by atoms with Crippen molar-refractivity contribution in [3.8, 4) is 0 Å². The van der Waals surface area contributed by atoms with Crippen molar-refractivity contribution in [2.45, 2.75) is 51.6 Å². The molecule has 3 aromatic rings. The molecule has 1 aliphatic carbocycles. The average Bonchev–Trinajstić information content (AvgIpc) is 3.12. The maximum Gasteiger partial charge on any atom is 0.332 e. The van der Waals surface area contributed by atoms with Gasteiger partial charge in [-0.3, -0.25) is 18.6 Å². The van der Waals surface area contributed by atoms with E-state index in [1.54, 1.807) is 11.4 Å². The van der Waals surface area contributed by atoms with Crippen LogP contribution in [0.2, 0.25) is 0 Å². The molecule has 9 nitrogen and oxygen atoms in total. The lowest BCUT2D eigenvalue weighted by molar-refractivity contribution is -0.118. The Bertz CT molecular complexity index is 1140. The summed E-state index contributed by atoms with van der Waals surface area (Å²) >= 11 is 0. The van der Waals surface area contributed by atoms with Crippen LogP contribution in [0, 0.1) is 6.92 Å². The van der Waals surface area contributed by atoms with E-state index >= 15 is 0 Å². The molecule has 26 heavy (non-hydrogen) atoms. The Morgan fingerprint density at radius 3 is 2.62 bits per heavy atom. The number of fused-ring (bicyclic) bond motifs is 3. The molecule has 0 bridgehead atoms. The number of imidazole rings is 2. The van der Waals surface area contributed by atoms with Gasteiger partial charge in [0.1, 0.15) is 6.54 Å². The van der Waals surface area contributed by atoms with Gasteiger partial charge in [-0.15, -0.1) is 0 Å². The fraction of sp³-hybridized carbons (Fsp3) is 0.529. The molecule has 1 fully saturated rings. The number of aromatic nitrogens is 5. The van der Waals surface area contributed by atoms with E-state index in [9.17, 15) is 14.4 Å². The second-order valence-corrected chi connectivity index (χ2v) is 7.09. The van der Waals surface area contributed by atoms with Crippen LogP contribution in [0.15, 0.2) is 15.8 Å². The highest BCUT2D eigenvalue weighted by Gasteiger charge is 2.24. The van der Waals surface area contributed by atoms with Crippen LogP contribution in [0.25, 0.3) is 16.9 Å². The first-order chi connectivity index (χ1) is 12.4. The molecule has 0 spiro atoms. The monoisotopic (exact) mass is 358 g/mol. The Balaban J connectivity index is 2.04. The van der Waals surface area contributed by atoms with E-state index in [2.05, 4.69) is 9.55 Å². The van der Waals surface area contributed by atoms with Crippen LogP contribution in [0.3, 0.4) is 0 Å². The maximum atomic E-state index is 12.9. The first kappa shape index (κ1) is 16.6. The van der Waals surface area contributed by atoms with Crippen molar-refractivity contribution in [1.82, 2.24) is 23.1 Å². The van der Waals surface area contributed by atoms with Gasteiger partial charge in [-0.2, -0.15) is 4.98 Å². The number of carbonyl (C=O) groups excluding carboxylic acids is 1. The number of nitrogens with two attached hydrogens (primary N) is 1. The van der Waals surface area contributed by atoms with Gasteiger partial charge in [-0.25, -0.2) is 9.36 Å². The summed E-state index contributed by atoms with van der Waals surface area (Å²) in [6.45, 7) is 1.55. The Morgan fingerprint density at radius 2 is 1.96 bits per heavy atom. The summed E-state index contributed by atoms with van der Waals surface area (Å²) in [5.74, 6) is -0.0754. The highest BCUT2D eigenvalue weighted by atomic mass is 16.2. The minimum atomic E-state index is -0.736. The van der Waals surface area contributed by atoms with Gasteiger partial charge < -0.3 is 10.3 Å². The zero-order chi connectivity index (χ0) is 18.6. The third-order valence-corrected chi connectivity index (χ3v) is 5.32. The molecule has 0 unspecified atom stereocenters. The zero-order valence-corrected chi connectivity index (χ0v) is 14.9. The summed E-state index contributed by atoms with van der Waals surface area (Å²) in [5.41, 5.74) is 5.69. The molecule has 4 rings (SSSR count). The molecule has 1 aliphatic rings. The second-order valence-electron chi connectivity index (χ2n) is 7.09. The molecule has 3 aromatic heterocycles. The van der Waals surface area contributed by atoms with Crippen LogP contribution in [0.4, 0.5) is 0 Å². The smallest absolute Gasteiger partial charge is 0.332 e. The Labute approximate surface area is 148 Å². The molecule has 0 aliphatic heterocycles. The van der Waals surface area contributed by atoms with Crippen molar-refractivity contribution in [1.29, 1.82) is 0 Å². The summed E-state index contributed by atoms with van der Waals surface area (Å²) in [6, 6.07) is 0.350.